The fraction of sp³-hybridized carbons (Fsp3) is 0.333. The molecule has 6 nitrogen and oxygen atoms in total. The SMILES string of the molecule is CC(C)(C)OC(=O)NC1(c2ccc(-c3oc4ccn(CCF)c(=O)c4c3-c3ccccc3)cc2)CCC1. The number of amides is 1. The Kier molecular flexibility index (Phi) is 6.40. The van der Waals surface area contributed by atoms with E-state index in [4.69, 9.17) is 9.15 Å². The number of rotatable bonds is 6. The van der Waals surface area contributed by atoms with Gasteiger partial charge in [0.05, 0.1) is 17.5 Å². The number of hydrogen-bond donors (Lipinski definition) is 1. The molecule has 1 fully saturated rings. The summed E-state index contributed by atoms with van der Waals surface area (Å²) in [5.41, 5.74) is 2.48. The van der Waals surface area contributed by atoms with Gasteiger partial charge in [-0.1, -0.05) is 54.6 Å². The molecule has 0 unspecified atom stereocenters. The van der Waals surface area contributed by atoms with Crippen LogP contribution in [0.3, 0.4) is 0 Å². The van der Waals surface area contributed by atoms with Gasteiger partial charge in [-0.2, -0.15) is 0 Å². The smallest absolute Gasteiger partial charge is 0.408 e. The van der Waals surface area contributed by atoms with Crippen LogP contribution in [-0.4, -0.2) is 22.9 Å². The summed E-state index contributed by atoms with van der Waals surface area (Å²) in [6.07, 6.45) is 3.83. The van der Waals surface area contributed by atoms with Gasteiger partial charge in [0.2, 0.25) is 0 Å². The number of halogens is 1. The third-order valence-electron chi connectivity index (χ3n) is 6.85. The maximum absolute atomic E-state index is 13.3. The molecule has 37 heavy (non-hydrogen) atoms. The first-order chi connectivity index (χ1) is 17.7. The fourth-order valence-corrected chi connectivity index (χ4v) is 4.95. The van der Waals surface area contributed by atoms with Crippen LogP contribution in [0.4, 0.5) is 9.18 Å². The molecule has 1 N–H and O–H groups in total. The molecule has 7 heteroatoms. The van der Waals surface area contributed by atoms with Gasteiger partial charge in [0, 0.05) is 17.3 Å². The number of alkyl carbamates (subject to hydrolysis) is 1. The average molecular weight is 503 g/mol. The zero-order valence-corrected chi connectivity index (χ0v) is 21.3. The number of carbonyl (C=O) groups excluding carboxylic acids is 1. The third-order valence-corrected chi connectivity index (χ3v) is 6.85. The van der Waals surface area contributed by atoms with Crippen molar-refractivity contribution < 1.29 is 18.3 Å². The van der Waals surface area contributed by atoms with E-state index in [9.17, 15) is 14.0 Å². The summed E-state index contributed by atoms with van der Waals surface area (Å²) < 4.78 is 26.2. The highest BCUT2D eigenvalue weighted by Crippen LogP contribution is 2.44. The first kappa shape index (κ1) is 24.8. The highest BCUT2D eigenvalue weighted by atomic mass is 19.1. The van der Waals surface area contributed by atoms with Crippen molar-refractivity contribution in [2.24, 2.45) is 0 Å². The molecule has 4 aromatic rings. The molecule has 2 aromatic carbocycles. The Labute approximate surface area is 215 Å². The van der Waals surface area contributed by atoms with E-state index in [0.717, 1.165) is 36.0 Å². The molecule has 5 rings (SSSR count). The van der Waals surface area contributed by atoms with E-state index >= 15 is 0 Å². The molecular weight excluding hydrogens is 471 g/mol. The van der Waals surface area contributed by atoms with Crippen molar-refractivity contribution in [3.63, 3.8) is 0 Å². The van der Waals surface area contributed by atoms with Crippen molar-refractivity contribution in [2.45, 2.75) is 57.7 Å². The maximum Gasteiger partial charge on any atom is 0.408 e. The molecule has 0 bridgehead atoms. The third kappa shape index (κ3) is 4.78. The Morgan fingerprint density at radius 1 is 1.05 bits per heavy atom. The molecule has 0 spiro atoms. The van der Waals surface area contributed by atoms with Gasteiger partial charge in [0.15, 0.2) is 0 Å². The van der Waals surface area contributed by atoms with Crippen LogP contribution in [-0.2, 0) is 16.8 Å². The second-order valence-corrected chi connectivity index (χ2v) is 10.6. The summed E-state index contributed by atoms with van der Waals surface area (Å²) in [6.45, 7) is 4.90. The van der Waals surface area contributed by atoms with Crippen LogP contribution in [0, 0.1) is 0 Å². The molecule has 1 amide bonds. The highest BCUT2D eigenvalue weighted by molar-refractivity contribution is 6.01. The lowest BCUT2D eigenvalue weighted by atomic mass is 9.71. The molecular formula is C30H31FN2O4. The van der Waals surface area contributed by atoms with Gasteiger partial charge in [0.1, 0.15) is 23.6 Å². The Morgan fingerprint density at radius 3 is 2.35 bits per heavy atom. The lowest BCUT2D eigenvalue weighted by molar-refractivity contribution is 0.0377. The normalized spacial score (nSPS) is 14.8. The number of nitrogens with zero attached hydrogens (tertiary/aromatic N) is 1. The van der Waals surface area contributed by atoms with Gasteiger partial charge in [-0.05, 0) is 57.2 Å². The summed E-state index contributed by atoms with van der Waals surface area (Å²) >= 11 is 0. The lowest BCUT2D eigenvalue weighted by Crippen LogP contribution is -2.52. The molecule has 192 valence electrons. The number of ether oxygens (including phenoxy) is 1. The minimum atomic E-state index is -0.628. The number of benzene rings is 2. The van der Waals surface area contributed by atoms with Crippen molar-refractivity contribution in [1.82, 2.24) is 9.88 Å². The number of nitrogens with one attached hydrogen (secondary N) is 1. The van der Waals surface area contributed by atoms with Gasteiger partial charge in [0.25, 0.3) is 5.56 Å². The van der Waals surface area contributed by atoms with Crippen LogP contribution in [0.15, 0.2) is 76.1 Å². The molecule has 0 atom stereocenters. The average Bonchev–Trinajstić information content (AvgIpc) is 3.23. The Morgan fingerprint density at radius 2 is 1.76 bits per heavy atom. The highest BCUT2D eigenvalue weighted by Gasteiger charge is 2.41. The molecule has 1 saturated carbocycles. The van der Waals surface area contributed by atoms with E-state index in [1.807, 2.05) is 75.4 Å². The van der Waals surface area contributed by atoms with Crippen LogP contribution in [0.25, 0.3) is 33.4 Å². The summed E-state index contributed by atoms with van der Waals surface area (Å²) in [5, 5.41) is 3.52. The standard InChI is InChI=1S/C30H31FN2O4/c1-29(2,3)37-28(35)32-30(15-7-16-30)22-12-10-21(11-13-22)26-24(20-8-5-4-6-9-20)25-23(36-26)14-18-33(19-17-31)27(25)34/h4-6,8-14,18H,7,15-17,19H2,1-3H3,(H,32,35). The topological polar surface area (TPSA) is 73.5 Å². The van der Waals surface area contributed by atoms with Gasteiger partial charge in [-0.3, -0.25) is 4.79 Å². The number of aryl methyl sites for hydroxylation is 1. The second kappa shape index (κ2) is 9.54. The Balaban J connectivity index is 1.56. The molecule has 2 aromatic heterocycles. The fourth-order valence-electron chi connectivity index (χ4n) is 4.95. The molecule has 1 aliphatic rings. The van der Waals surface area contributed by atoms with E-state index in [1.165, 1.54) is 4.57 Å². The van der Waals surface area contributed by atoms with Crippen LogP contribution >= 0.6 is 0 Å². The first-order valence-corrected chi connectivity index (χ1v) is 12.6. The van der Waals surface area contributed by atoms with Crippen molar-refractivity contribution in [2.75, 3.05) is 6.67 Å². The molecule has 2 heterocycles. The van der Waals surface area contributed by atoms with Crippen molar-refractivity contribution in [1.29, 1.82) is 0 Å². The van der Waals surface area contributed by atoms with Gasteiger partial charge in [-0.15, -0.1) is 0 Å². The largest absolute Gasteiger partial charge is 0.455 e. The maximum atomic E-state index is 13.3. The number of alkyl halides is 1. The molecule has 0 saturated heterocycles. The zero-order chi connectivity index (χ0) is 26.2. The monoisotopic (exact) mass is 502 g/mol. The number of fused-ring (bicyclic) bond motifs is 1. The minimum Gasteiger partial charge on any atom is -0.455 e. The molecule has 0 aliphatic heterocycles. The summed E-state index contributed by atoms with van der Waals surface area (Å²) in [4.78, 5) is 25.8. The van der Waals surface area contributed by atoms with E-state index in [-0.39, 0.29) is 12.1 Å². The lowest BCUT2D eigenvalue weighted by Gasteiger charge is -2.43. The predicted octanol–water partition coefficient (Wildman–Crippen LogP) is 6.80. The van der Waals surface area contributed by atoms with Crippen LogP contribution in [0.2, 0.25) is 0 Å². The number of pyridine rings is 1. The van der Waals surface area contributed by atoms with Crippen molar-refractivity contribution in [3.05, 3.63) is 82.8 Å². The molecule has 1 aliphatic carbocycles. The quantitative estimate of drug-likeness (QED) is 0.315. The minimum absolute atomic E-state index is 0.00898. The Hall–Kier alpha value is -3.87. The predicted molar refractivity (Wildman–Crippen MR) is 142 cm³/mol. The summed E-state index contributed by atoms with van der Waals surface area (Å²) in [6, 6.07) is 19.2. The second-order valence-electron chi connectivity index (χ2n) is 10.6. The number of hydrogen-bond acceptors (Lipinski definition) is 4. The number of carbonyl (C=O) groups is 1. The van der Waals surface area contributed by atoms with Gasteiger partial charge >= 0.3 is 6.09 Å². The van der Waals surface area contributed by atoms with Crippen LogP contribution < -0.4 is 10.9 Å². The van der Waals surface area contributed by atoms with Gasteiger partial charge < -0.3 is 19.0 Å². The van der Waals surface area contributed by atoms with E-state index < -0.39 is 23.9 Å². The van der Waals surface area contributed by atoms with Crippen molar-refractivity contribution >= 4 is 17.1 Å². The summed E-state index contributed by atoms with van der Waals surface area (Å²) in [7, 11) is 0. The number of aromatic nitrogens is 1. The van der Waals surface area contributed by atoms with E-state index in [1.54, 1.807) is 12.3 Å². The summed E-state index contributed by atoms with van der Waals surface area (Å²) in [5.74, 6) is 0.575. The van der Waals surface area contributed by atoms with Crippen molar-refractivity contribution in [3.8, 4) is 22.5 Å². The number of furan rings is 1. The van der Waals surface area contributed by atoms with Crippen LogP contribution in [0.5, 0.6) is 0 Å². The first-order valence-electron chi connectivity index (χ1n) is 12.6. The van der Waals surface area contributed by atoms with Gasteiger partial charge in [-0.25, -0.2) is 9.18 Å². The Bertz CT molecular complexity index is 1480. The van der Waals surface area contributed by atoms with Crippen LogP contribution in [0.1, 0.15) is 45.6 Å². The van der Waals surface area contributed by atoms with E-state index in [2.05, 4.69) is 5.32 Å². The van der Waals surface area contributed by atoms with E-state index in [0.29, 0.717) is 22.3 Å². The zero-order valence-electron chi connectivity index (χ0n) is 21.3. The molecule has 0 radical (unpaired) electrons.